The number of sulfonamides is 1. The third-order valence-corrected chi connectivity index (χ3v) is 6.47. The van der Waals surface area contributed by atoms with E-state index in [-0.39, 0.29) is 19.0 Å². The highest BCUT2D eigenvalue weighted by Crippen LogP contribution is 2.30. The molecule has 0 radical (unpaired) electrons. The van der Waals surface area contributed by atoms with Crippen molar-refractivity contribution in [3.63, 3.8) is 0 Å². The van der Waals surface area contributed by atoms with Crippen molar-refractivity contribution < 1.29 is 13.2 Å². The number of amides is 1. The second kappa shape index (κ2) is 7.18. The number of aryl methyl sites for hydroxylation is 1. The molecule has 138 valence electrons. The van der Waals surface area contributed by atoms with Crippen LogP contribution in [0.2, 0.25) is 0 Å². The average molecular weight is 393 g/mol. The van der Waals surface area contributed by atoms with Crippen molar-refractivity contribution >= 4 is 37.5 Å². The lowest BCUT2D eigenvalue weighted by Gasteiger charge is -2.13. The lowest BCUT2D eigenvalue weighted by molar-refractivity contribution is 0.0956. The monoisotopic (exact) mass is 392 g/mol. The quantitative estimate of drug-likeness (QED) is 0.696. The lowest BCUT2D eigenvalue weighted by atomic mass is 10.3. The Labute approximate surface area is 156 Å². The molecule has 2 aromatic heterocycles. The minimum absolute atomic E-state index is 0.216. The SMILES string of the molecule is Cc1nn(-c2ccccc2)c2sc(C(=O)NCCN(C)S(C)(=O)=O)cc12. The summed E-state index contributed by atoms with van der Waals surface area (Å²) in [5.74, 6) is -0.216. The fraction of sp³-hybridized carbons (Fsp3) is 0.294. The van der Waals surface area contributed by atoms with E-state index < -0.39 is 10.0 Å². The fourth-order valence-corrected chi connectivity index (χ4v) is 4.01. The molecule has 9 heteroatoms. The van der Waals surface area contributed by atoms with Gasteiger partial charge in [0.15, 0.2) is 0 Å². The minimum Gasteiger partial charge on any atom is -0.350 e. The van der Waals surface area contributed by atoms with Gasteiger partial charge < -0.3 is 5.32 Å². The lowest BCUT2D eigenvalue weighted by Crippen LogP contribution is -2.35. The second-order valence-electron chi connectivity index (χ2n) is 6.00. The highest BCUT2D eigenvalue weighted by Gasteiger charge is 2.17. The maximum Gasteiger partial charge on any atom is 0.261 e. The number of hydrogen-bond acceptors (Lipinski definition) is 5. The van der Waals surface area contributed by atoms with Gasteiger partial charge in [-0.05, 0) is 25.1 Å². The maximum absolute atomic E-state index is 12.4. The number of fused-ring (bicyclic) bond motifs is 1. The van der Waals surface area contributed by atoms with Gasteiger partial charge >= 0.3 is 0 Å². The smallest absolute Gasteiger partial charge is 0.261 e. The van der Waals surface area contributed by atoms with Crippen molar-refractivity contribution in [3.05, 3.63) is 47.0 Å². The Kier molecular flexibility index (Phi) is 5.12. The predicted molar refractivity (Wildman–Crippen MR) is 103 cm³/mol. The molecule has 0 aliphatic rings. The standard InChI is InChI=1S/C17H20N4O3S2/c1-12-14-11-15(16(22)18-9-10-20(2)26(3,23)24)25-17(14)21(19-12)13-7-5-4-6-8-13/h4-8,11H,9-10H2,1-3H3,(H,18,22). The van der Waals surface area contributed by atoms with Crippen LogP contribution < -0.4 is 5.32 Å². The number of likely N-dealkylation sites (N-methyl/N-ethyl adjacent to an activating group) is 1. The van der Waals surface area contributed by atoms with Crippen molar-refractivity contribution in [2.45, 2.75) is 6.92 Å². The number of hydrogen-bond donors (Lipinski definition) is 1. The highest BCUT2D eigenvalue weighted by atomic mass is 32.2. The first-order chi connectivity index (χ1) is 12.3. The first-order valence-electron chi connectivity index (χ1n) is 8.01. The van der Waals surface area contributed by atoms with E-state index in [0.29, 0.717) is 4.88 Å². The normalized spacial score (nSPS) is 12.0. The molecular formula is C17H20N4O3S2. The summed E-state index contributed by atoms with van der Waals surface area (Å²) in [4.78, 5) is 13.9. The van der Waals surface area contributed by atoms with Gasteiger partial charge in [-0.15, -0.1) is 11.3 Å². The number of carbonyl (C=O) groups excluding carboxylic acids is 1. The summed E-state index contributed by atoms with van der Waals surface area (Å²) in [7, 11) is -1.76. The average Bonchev–Trinajstić information content (AvgIpc) is 3.15. The molecule has 1 N–H and O–H groups in total. The van der Waals surface area contributed by atoms with Crippen LogP contribution in [0.25, 0.3) is 15.9 Å². The van der Waals surface area contributed by atoms with Crippen molar-refractivity contribution in [1.82, 2.24) is 19.4 Å². The van der Waals surface area contributed by atoms with E-state index in [1.54, 1.807) is 0 Å². The van der Waals surface area contributed by atoms with Crippen LogP contribution in [-0.4, -0.2) is 54.8 Å². The van der Waals surface area contributed by atoms with Gasteiger partial charge in [0, 0.05) is 25.5 Å². The Morgan fingerprint density at radius 3 is 2.65 bits per heavy atom. The van der Waals surface area contributed by atoms with E-state index in [9.17, 15) is 13.2 Å². The molecule has 0 unspecified atom stereocenters. The summed E-state index contributed by atoms with van der Waals surface area (Å²) >= 11 is 1.37. The first-order valence-corrected chi connectivity index (χ1v) is 10.7. The third-order valence-electron chi connectivity index (χ3n) is 4.05. The fourth-order valence-electron chi connectivity index (χ4n) is 2.48. The van der Waals surface area contributed by atoms with Crippen LogP contribution >= 0.6 is 11.3 Å². The molecule has 0 atom stereocenters. The van der Waals surface area contributed by atoms with Gasteiger partial charge in [0.25, 0.3) is 5.91 Å². The summed E-state index contributed by atoms with van der Waals surface area (Å²) in [6.07, 6.45) is 1.14. The number of thiophene rings is 1. The zero-order valence-corrected chi connectivity index (χ0v) is 16.4. The number of para-hydroxylation sites is 1. The molecule has 0 fully saturated rings. The van der Waals surface area contributed by atoms with E-state index >= 15 is 0 Å². The van der Waals surface area contributed by atoms with Gasteiger partial charge in [-0.3, -0.25) is 4.79 Å². The van der Waals surface area contributed by atoms with Crippen molar-refractivity contribution in [1.29, 1.82) is 0 Å². The van der Waals surface area contributed by atoms with Crippen LogP contribution in [0.5, 0.6) is 0 Å². The van der Waals surface area contributed by atoms with E-state index in [2.05, 4.69) is 10.4 Å². The molecule has 0 aliphatic carbocycles. The number of carbonyl (C=O) groups is 1. The number of nitrogens with zero attached hydrogens (tertiary/aromatic N) is 3. The van der Waals surface area contributed by atoms with Crippen LogP contribution in [-0.2, 0) is 10.0 Å². The Bertz CT molecular complexity index is 1040. The van der Waals surface area contributed by atoms with Gasteiger partial charge in [0.1, 0.15) is 4.83 Å². The molecule has 7 nitrogen and oxygen atoms in total. The van der Waals surface area contributed by atoms with Crippen LogP contribution in [0.4, 0.5) is 0 Å². The van der Waals surface area contributed by atoms with Gasteiger partial charge in [-0.2, -0.15) is 5.10 Å². The van der Waals surface area contributed by atoms with Crippen LogP contribution in [0.3, 0.4) is 0 Å². The van der Waals surface area contributed by atoms with Crippen molar-refractivity contribution in [2.75, 3.05) is 26.4 Å². The Morgan fingerprint density at radius 2 is 2.00 bits per heavy atom. The van der Waals surface area contributed by atoms with E-state index in [4.69, 9.17) is 0 Å². The summed E-state index contributed by atoms with van der Waals surface area (Å²) in [6, 6.07) is 11.6. The minimum atomic E-state index is -3.25. The number of benzene rings is 1. The Hall–Kier alpha value is -2.23. The molecule has 0 spiro atoms. The van der Waals surface area contributed by atoms with Gasteiger partial charge in [0.05, 0.1) is 22.5 Å². The van der Waals surface area contributed by atoms with Crippen molar-refractivity contribution in [2.24, 2.45) is 0 Å². The largest absolute Gasteiger partial charge is 0.350 e. The van der Waals surface area contributed by atoms with E-state index in [0.717, 1.165) is 27.9 Å². The van der Waals surface area contributed by atoms with Gasteiger partial charge in [0.2, 0.25) is 10.0 Å². The Morgan fingerprint density at radius 1 is 1.31 bits per heavy atom. The number of rotatable bonds is 6. The van der Waals surface area contributed by atoms with Crippen LogP contribution in [0.1, 0.15) is 15.4 Å². The molecule has 3 aromatic rings. The third kappa shape index (κ3) is 3.79. The Balaban J connectivity index is 1.78. The molecule has 2 heterocycles. The van der Waals surface area contributed by atoms with E-state index in [1.807, 2.05) is 48.0 Å². The molecule has 0 saturated carbocycles. The molecule has 0 bridgehead atoms. The molecule has 1 aromatic carbocycles. The molecular weight excluding hydrogens is 372 g/mol. The van der Waals surface area contributed by atoms with Crippen molar-refractivity contribution in [3.8, 4) is 5.69 Å². The zero-order valence-electron chi connectivity index (χ0n) is 14.8. The zero-order chi connectivity index (χ0) is 18.9. The summed E-state index contributed by atoms with van der Waals surface area (Å²) in [5, 5.41) is 8.26. The predicted octanol–water partition coefficient (Wildman–Crippen LogP) is 2.02. The summed E-state index contributed by atoms with van der Waals surface area (Å²) in [6.45, 7) is 2.39. The molecule has 26 heavy (non-hydrogen) atoms. The van der Waals surface area contributed by atoms with E-state index in [1.165, 1.54) is 22.7 Å². The first kappa shape index (κ1) is 18.6. The van der Waals surface area contributed by atoms with Crippen LogP contribution in [0, 0.1) is 6.92 Å². The number of nitrogens with one attached hydrogen (secondary N) is 1. The second-order valence-corrected chi connectivity index (χ2v) is 9.12. The summed E-state index contributed by atoms with van der Waals surface area (Å²) in [5.41, 5.74) is 1.80. The van der Waals surface area contributed by atoms with Gasteiger partial charge in [-0.1, -0.05) is 18.2 Å². The summed E-state index contributed by atoms with van der Waals surface area (Å²) < 4.78 is 25.8. The molecule has 1 amide bonds. The molecule has 3 rings (SSSR count). The highest BCUT2D eigenvalue weighted by molar-refractivity contribution is 7.88. The molecule has 0 saturated heterocycles. The molecule has 0 aliphatic heterocycles. The van der Waals surface area contributed by atoms with Gasteiger partial charge in [-0.25, -0.2) is 17.4 Å². The van der Waals surface area contributed by atoms with Crippen LogP contribution in [0.15, 0.2) is 36.4 Å². The maximum atomic E-state index is 12.4. The number of aromatic nitrogens is 2. The topological polar surface area (TPSA) is 84.3 Å².